The summed E-state index contributed by atoms with van der Waals surface area (Å²) in [5, 5.41) is 2.92. The van der Waals surface area contributed by atoms with Gasteiger partial charge in [0.05, 0.1) is 0 Å². The topological polar surface area (TPSA) is 75.4 Å². The average molecular weight is 325 g/mol. The fraction of sp³-hybridized carbons (Fsp3) is 0.889. The molecule has 1 aliphatic heterocycles. The standard InChI is InChI=1S/C18H35N3O2/c1-2-3-4-5-6-7-12-17(22)21-15-9-8-11-16(21)18(23)20-14-10-13-19/h16H,2-15,19H2,1H3,(H,20,23)/t16-/m0/s1. The van der Waals surface area contributed by atoms with Crippen LogP contribution in [0, 0.1) is 0 Å². The van der Waals surface area contributed by atoms with Crippen LogP contribution in [0.4, 0.5) is 0 Å². The van der Waals surface area contributed by atoms with Crippen LogP contribution in [0.1, 0.15) is 77.6 Å². The lowest BCUT2D eigenvalue weighted by Gasteiger charge is -2.34. The Morgan fingerprint density at radius 1 is 1.09 bits per heavy atom. The zero-order valence-corrected chi connectivity index (χ0v) is 14.8. The SMILES string of the molecule is CCCCCCCCC(=O)N1CCCC[C@H]1C(=O)NCCCN. The van der Waals surface area contributed by atoms with E-state index in [2.05, 4.69) is 12.2 Å². The number of nitrogens with one attached hydrogen (secondary N) is 1. The summed E-state index contributed by atoms with van der Waals surface area (Å²) in [4.78, 5) is 26.6. The van der Waals surface area contributed by atoms with Gasteiger partial charge >= 0.3 is 0 Å². The number of carbonyl (C=O) groups excluding carboxylic acids is 2. The van der Waals surface area contributed by atoms with Gasteiger partial charge in [0.15, 0.2) is 0 Å². The summed E-state index contributed by atoms with van der Waals surface area (Å²) in [6.45, 7) is 4.11. The van der Waals surface area contributed by atoms with Crippen molar-refractivity contribution < 1.29 is 9.59 Å². The van der Waals surface area contributed by atoms with Crippen LogP contribution in [-0.2, 0) is 9.59 Å². The number of hydrogen-bond acceptors (Lipinski definition) is 3. The maximum absolute atomic E-state index is 12.5. The van der Waals surface area contributed by atoms with E-state index in [9.17, 15) is 9.59 Å². The van der Waals surface area contributed by atoms with E-state index in [4.69, 9.17) is 5.73 Å². The summed E-state index contributed by atoms with van der Waals surface area (Å²) < 4.78 is 0. The van der Waals surface area contributed by atoms with Crippen molar-refractivity contribution >= 4 is 11.8 Å². The maximum atomic E-state index is 12.5. The summed E-state index contributed by atoms with van der Waals surface area (Å²) in [5.41, 5.74) is 5.45. The fourth-order valence-corrected chi connectivity index (χ4v) is 3.13. The Labute approximate surface area is 141 Å². The molecule has 2 amide bonds. The quantitative estimate of drug-likeness (QED) is 0.573. The van der Waals surface area contributed by atoms with E-state index in [1.54, 1.807) is 0 Å². The number of likely N-dealkylation sites (tertiary alicyclic amines) is 1. The summed E-state index contributed by atoms with van der Waals surface area (Å²) in [6.07, 6.45) is 11.3. The highest BCUT2D eigenvalue weighted by atomic mass is 16.2. The number of nitrogens with zero attached hydrogens (tertiary/aromatic N) is 1. The number of rotatable bonds is 11. The first-order valence-corrected chi connectivity index (χ1v) is 9.48. The fourth-order valence-electron chi connectivity index (χ4n) is 3.13. The van der Waals surface area contributed by atoms with E-state index < -0.39 is 0 Å². The molecule has 1 saturated heterocycles. The second-order valence-electron chi connectivity index (χ2n) is 6.55. The van der Waals surface area contributed by atoms with E-state index in [0.717, 1.165) is 45.1 Å². The average Bonchev–Trinajstić information content (AvgIpc) is 2.58. The van der Waals surface area contributed by atoms with Gasteiger partial charge in [-0.15, -0.1) is 0 Å². The summed E-state index contributed by atoms with van der Waals surface area (Å²) >= 11 is 0. The van der Waals surface area contributed by atoms with E-state index in [1.165, 1.54) is 25.7 Å². The Balaban J connectivity index is 2.34. The molecule has 0 aromatic heterocycles. The number of piperidine rings is 1. The summed E-state index contributed by atoms with van der Waals surface area (Å²) in [6, 6.07) is -0.269. The van der Waals surface area contributed by atoms with Crippen LogP contribution < -0.4 is 11.1 Å². The predicted octanol–water partition coefficient (Wildman–Crippen LogP) is 2.58. The molecule has 134 valence electrons. The number of amides is 2. The van der Waals surface area contributed by atoms with Crippen molar-refractivity contribution in [3.63, 3.8) is 0 Å². The third kappa shape index (κ3) is 7.82. The lowest BCUT2D eigenvalue weighted by atomic mass is 10.00. The summed E-state index contributed by atoms with van der Waals surface area (Å²) in [7, 11) is 0. The molecular formula is C18H35N3O2. The Morgan fingerprint density at radius 3 is 2.57 bits per heavy atom. The maximum Gasteiger partial charge on any atom is 0.242 e. The van der Waals surface area contributed by atoms with Crippen molar-refractivity contribution in [1.29, 1.82) is 0 Å². The third-order valence-electron chi connectivity index (χ3n) is 4.55. The highest BCUT2D eigenvalue weighted by molar-refractivity contribution is 5.87. The molecule has 1 fully saturated rings. The molecule has 5 nitrogen and oxygen atoms in total. The van der Waals surface area contributed by atoms with Crippen molar-refractivity contribution in [2.75, 3.05) is 19.6 Å². The number of carbonyl (C=O) groups is 2. The van der Waals surface area contributed by atoms with E-state index >= 15 is 0 Å². The van der Waals surface area contributed by atoms with E-state index in [0.29, 0.717) is 19.5 Å². The predicted molar refractivity (Wildman–Crippen MR) is 94.0 cm³/mol. The van der Waals surface area contributed by atoms with Crippen LogP contribution in [0.25, 0.3) is 0 Å². The van der Waals surface area contributed by atoms with Gasteiger partial charge < -0.3 is 16.0 Å². The lowest BCUT2D eigenvalue weighted by molar-refractivity contribution is -0.142. The zero-order valence-electron chi connectivity index (χ0n) is 14.8. The highest BCUT2D eigenvalue weighted by Gasteiger charge is 2.31. The van der Waals surface area contributed by atoms with Crippen LogP contribution in [-0.4, -0.2) is 42.4 Å². The van der Waals surface area contributed by atoms with Crippen molar-refractivity contribution in [2.24, 2.45) is 5.73 Å². The van der Waals surface area contributed by atoms with Crippen molar-refractivity contribution in [3.05, 3.63) is 0 Å². The molecule has 1 aliphatic rings. The molecule has 0 spiro atoms. The monoisotopic (exact) mass is 325 g/mol. The Hall–Kier alpha value is -1.10. The minimum atomic E-state index is -0.269. The molecular weight excluding hydrogens is 290 g/mol. The van der Waals surface area contributed by atoms with Crippen LogP contribution in [0.5, 0.6) is 0 Å². The molecule has 0 bridgehead atoms. The van der Waals surface area contributed by atoms with Gasteiger partial charge in [0.25, 0.3) is 0 Å². The molecule has 0 radical (unpaired) electrons. The second kappa shape index (κ2) is 12.3. The van der Waals surface area contributed by atoms with Gasteiger partial charge in [0.1, 0.15) is 6.04 Å². The zero-order chi connectivity index (χ0) is 16.9. The van der Waals surface area contributed by atoms with Gasteiger partial charge in [-0.1, -0.05) is 39.0 Å². The van der Waals surface area contributed by atoms with Crippen molar-refractivity contribution in [3.8, 4) is 0 Å². The molecule has 0 aromatic carbocycles. The molecule has 0 saturated carbocycles. The number of unbranched alkanes of at least 4 members (excludes halogenated alkanes) is 5. The third-order valence-corrected chi connectivity index (χ3v) is 4.55. The minimum Gasteiger partial charge on any atom is -0.354 e. The van der Waals surface area contributed by atoms with Crippen LogP contribution in [0.3, 0.4) is 0 Å². The van der Waals surface area contributed by atoms with Gasteiger partial charge in [-0.05, 0) is 38.6 Å². The molecule has 1 heterocycles. The number of hydrogen-bond donors (Lipinski definition) is 2. The molecule has 1 rings (SSSR count). The van der Waals surface area contributed by atoms with E-state index in [1.807, 2.05) is 4.90 Å². The molecule has 0 aliphatic carbocycles. The van der Waals surface area contributed by atoms with E-state index in [-0.39, 0.29) is 17.9 Å². The lowest BCUT2D eigenvalue weighted by Crippen LogP contribution is -2.52. The molecule has 5 heteroatoms. The summed E-state index contributed by atoms with van der Waals surface area (Å²) in [5.74, 6) is 0.147. The molecule has 3 N–H and O–H groups in total. The minimum absolute atomic E-state index is 0.00514. The molecule has 23 heavy (non-hydrogen) atoms. The largest absolute Gasteiger partial charge is 0.354 e. The molecule has 0 unspecified atom stereocenters. The van der Waals surface area contributed by atoms with Gasteiger partial charge in [0, 0.05) is 19.5 Å². The van der Waals surface area contributed by atoms with Crippen molar-refractivity contribution in [2.45, 2.75) is 83.6 Å². The van der Waals surface area contributed by atoms with Gasteiger partial charge in [-0.2, -0.15) is 0 Å². The van der Waals surface area contributed by atoms with Gasteiger partial charge in [-0.25, -0.2) is 0 Å². The Kier molecular flexibility index (Phi) is 10.7. The normalized spacial score (nSPS) is 18.0. The van der Waals surface area contributed by atoms with Crippen LogP contribution in [0.2, 0.25) is 0 Å². The molecule has 0 aromatic rings. The smallest absolute Gasteiger partial charge is 0.242 e. The van der Waals surface area contributed by atoms with Crippen LogP contribution >= 0.6 is 0 Å². The number of nitrogens with two attached hydrogens (primary N) is 1. The first-order chi connectivity index (χ1) is 11.2. The first kappa shape index (κ1) is 19.9. The Morgan fingerprint density at radius 2 is 1.83 bits per heavy atom. The second-order valence-corrected chi connectivity index (χ2v) is 6.55. The Bertz CT molecular complexity index is 347. The van der Waals surface area contributed by atoms with Crippen LogP contribution in [0.15, 0.2) is 0 Å². The highest BCUT2D eigenvalue weighted by Crippen LogP contribution is 2.19. The van der Waals surface area contributed by atoms with Crippen molar-refractivity contribution in [1.82, 2.24) is 10.2 Å². The van der Waals surface area contributed by atoms with Gasteiger partial charge in [0.2, 0.25) is 11.8 Å². The van der Waals surface area contributed by atoms with Gasteiger partial charge in [-0.3, -0.25) is 9.59 Å². The first-order valence-electron chi connectivity index (χ1n) is 9.48. The molecule has 1 atom stereocenters.